The molecule has 1 atom stereocenters. The third kappa shape index (κ3) is 3.83. The monoisotopic (exact) mass is 306 g/mol. The van der Waals surface area contributed by atoms with E-state index >= 15 is 0 Å². The first kappa shape index (κ1) is 14.6. The Bertz CT molecular complexity index is 494. The number of benzene rings is 1. The van der Waals surface area contributed by atoms with Crippen molar-refractivity contribution < 1.29 is 18.7 Å². The van der Waals surface area contributed by atoms with Gasteiger partial charge in [0, 0.05) is 23.5 Å². The van der Waals surface area contributed by atoms with E-state index in [1.807, 2.05) is 0 Å². The van der Waals surface area contributed by atoms with E-state index in [4.69, 9.17) is 16.7 Å². The molecule has 1 aromatic rings. The molecule has 1 unspecified atom stereocenters. The standard InChI is InChI=1S/C13H13ClF2O2S/c14-11-2-1-9(5-10(11)12(17)18)19-7-8-3-4-13(15,16)6-8/h1-2,5,8H,3-4,6-7H2,(H,17,18). The summed E-state index contributed by atoms with van der Waals surface area (Å²) in [7, 11) is 0. The zero-order chi connectivity index (χ0) is 14.0. The molecule has 0 amide bonds. The van der Waals surface area contributed by atoms with Crippen molar-refractivity contribution in [3.63, 3.8) is 0 Å². The summed E-state index contributed by atoms with van der Waals surface area (Å²) >= 11 is 7.17. The summed E-state index contributed by atoms with van der Waals surface area (Å²) in [5.41, 5.74) is 0.0448. The van der Waals surface area contributed by atoms with Crippen LogP contribution >= 0.6 is 23.4 Å². The van der Waals surface area contributed by atoms with Crippen LogP contribution in [0.25, 0.3) is 0 Å². The molecule has 0 radical (unpaired) electrons. The highest BCUT2D eigenvalue weighted by Crippen LogP contribution is 2.41. The maximum atomic E-state index is 13.0. The lowest BCUT2D eigenvalue weighted by Crippen LogP contribution is -2.10. The van der Waals surface area contributed by atoms with E-state index in [1.54, 1.807) is 6.07 Å². The van der Waals surface area contributed by atoms with Crippen LogP contribution in [-0.2, 0) is 0 Å². The highest BCUT2D eigenvalue weighted by Gasteiger charge is 2.39. The molecule has 1 aromatic carbocycles. The minimum atomic E-state index is -2.53. The molecule has 1 aliphatic rings. The van der Waals surface area contributed by atoms with Gasteiger partial charge in [-0.15, -0.1) is 11.8 Å². The lowest BCUT2D eigenvalue weighted by atomic mass is 10.1. The second-order valence-electron chi connectivity index (χ2n) is 4.72. The molecule has 1 saturated carbocycles. The van der Waals surface area contributed by atoms with Gasteiger partial charge in [-0.2, -0.15) is 0 Å². The number of hydrogen-bond acceptors (Lipinski definition) is 2. The van der Waals surface area contributed by atoms with Crippen LogP contribution in [-0.4, -0.2) is 22.8 Å². The summed E-state index contributed by atoms with van der Waals surface area (Å²) in [5, 5.41) is 9.13. The van der Waals surface area contributed by atoms with Gasteiger partial charge in [-0.05, 0) is 30.5 Å². The fourth-order valence-electron chi connectivity index (χ4n) is 2.16. The Balaban J connectivity index is 1.97. The Morgan fingerprint density at radius 2 is 2.26 bits per heavy atom. The van der Waals surface area contributed by atoms with Gasteiger partial charge >= 0.3 is 5.97 Å². The van der Waals surface area contributed by atoms with Crippen LogP contribution in [0.3, 0.4) is 0 Å². The van der Waals surface area contributed by atoms with E-state index in [2.05, 4.69) is 0 Å². The highest BCUT2D eigenvalue weighted by molar-refractivity contribution is 7.99. The van der Waals surface area contributed by atoms with Crippen molar-refractivity contribution in [1.82, 2.24) is 0 Å². The van der Waals surface area contributed by atoms with Crippen molar-refractivity contribution in [2.45, 2.75) is 30.1 Å². The van der Waals surface area contributed by atoms with E-state index < -0.39 is 11.9 Å². The highest BCUT2D eigenvalue weighted by atomic mass is 35.5. The van der Waals surface area contributed by atoms with E-state index in [0.29, 0.717) is 12.2 Å². The fraction of sp³-hybridized carbons (Fsp3) is 0.462. The zero-order valence-corrected chi connectivity index (χ0v) is 11.6. The largest absolute Gasteiger partial charge is 0.478 e. The van der Waals surface area contributed by atoms with Crippen molar-refractivity contribution >= 4 is 29.3 Å². The number of alkyl halides is 2. The molecule has 1 fully saturated rings. The molecular formula is C13H13ClF2O2S. The number of hydrogen-bond donors (Lipinski definition) is 1. The van der Waals surface area contributed by atoms with Crippen LogP contribution in [0, 0.1) is 5.92 Å². The van der Waals surface area contributed by atoms with Gasteiger partial charge in [0.2, 0.25) is 5.92 Å². The predicted octanol–water partition coefficient (Wildman–Crippen LogP) is 4.57. The lowest BCUT2D eigenvalue weighted by Gasteiger charge is -2.10. The molecule has 1 N–H and O–H groups in total. The molecule has 0 saturated heterocycles. The molecule has 0 aromatic heterocycles. The van der Waals surface area contributed by atoms with Crippen molar-refractivity contribution in [1.29, 1.82) is 0 Å². The van der Waals surface area contributed by atoms with E-state index in [1.165, 1.54) is 23.9 Å². The van der Waals surface area contributed by atoms with E-state index in [9.17, 15) is 13.6 Å². The molecule has 0 bridgehead atoms. The van der Waals surface area contributed by atoms with Gasteiger partial charge in [-0.3, -0.25) is 0 Å². The fourth-order valence-corrected chi connectivity index (χ4v) is 3.43. The summed E-state index contributed by atoms with van der Waals surface area (Å²) in [6.07, 6.45) is 0.415. The van der Waals surface area contributed by atoms with Gasteiger partial charge < -0.3 is 5.11 Å². The predicted molar refractivity (Wildman–Crippen MR) is 71.4 cm³/mol. The second-order valence-corrected chi connectivity index (χ2v) is 6.22. The second kappa shape index (κ2) is 5.67. The first-order chi connectivity index (χ1) is 8.87. The molecule has 1 aliphatic carbocycles. The number of carboxylic acids is 1. The van der Waals surface area contributed by atoms with Crippen molar-refractivity contribution in [2.24, 2.45) is 5.92 Å². The maximum absolute atomic E-state index is 13.0. The van der Waals surface area contributed by atoms with Gasteiger partial charge in [0.25, 0.3) is 0 Å². The average Bonchev–Trinajstić information content (AvgIpc) is 2.67. The maximum Gasteiger partial charge on any atom is 0.337 e. The average molecular weight is 307 g/mol. The van der Waals surface area contributed by atoms with E-state index in [0.717, 1.165) is 4.90 Å². The summed E-state index contributed by atoms with van der Waals surface area (Å²) in [4.78, 5) is 11.7. The van der Waals surface area contributed by atoms with Crippen molar-refractivity contribution in [3.8, 4) is 0 Å². The number of carbonyl (C=O) groups is 1. The molecule has 0 heterocycles. The van der Waals surface area contributed by atoms with Gasteiger partial charge in [0.05, 0.1) is 10.6 Å². The van der Waals surface area contributed by atoms with Crippen molar-refractivity contribution in [2.75, 3.05) is 5.75 Å². The third-order valence-corrected chi connectivity index (χ3v) is 4.71. The van der Waals surface area contributed by atoms with Crippen molar-refractivity contribution in [3.05, 3.63) is 28.8 Å². The molecule has 2 rings (SSSR count). The first-order valence-corrected chi connectivity index (χ1v) is 7.27. The number of aromatic carboxylic acids is 1. The van der Waals surface area contributed by atoms with Crippen LogP contribution in [0.4, 0.5) is 8.78 Å². The summed E-state index contributed by atoms with van der Waals surface area (Å²) in [6.45, 7) is 0. The third-order valence-electron chi connectivity index (χ3n) is 3.16. The minimum Gasteiger partial charge on any atom is -0.478 e. The lowest BCUT2D eigenvalue weighted by molar-refractivity contribution is 0.00595. The van der Waals surface area contributed by atoms with E-state index in [-0.39, 0.29) is 29.3 Å². The number of carboxylic acid groups (broad SMARTS) is 1. The van der Waals surface area contributed by atoms with Gasteiger partial charge in [-0.25, -0.2) is 13.6 Å². The minimum absolute atomic E-state index is 0.0102. The Hall–Kier alpha value is -0.810. The summed E-state index contributed by atoms with van der Waals surface area (Å²) < 4.78 is 26.1. The normalized spacial score (nSPS) is 21.5. The number of halogens is 3. The molecular weight excluding hydrogens is 294 g/mol. The molecule has 2 nitrogen and oxygen atoms in total. The SMILES string of the molecule is O=C(O)c1cc(SCC2CCC(F)(F)C2)ccc1Cl. The van der Waals surface area contributed by atoms with Crippen LogP contribution in [0.15, 0.2) is 23.1 Å². The van der Waals surface area contributed by atoms with Crippen LogP contribution in [0.2, 0.25) is 5.02 Å². The molecule has 0 aliphatic heterocycles. The number of thioether (sulfide) groups is 1. The summed E-state index contributed by atoms with van der Waals surface area (Å²) in [6, 6.07) is 4.73. The number of rotatable bonds is 4. The van der Waals surface area contributed by atoms with Gasteiger partial charge in [0.15, 0.2) is 0 Å². The van der Waals surface area contributed by atoms with Gasteiger partial charge in [-0.1, -0.05) is 11.6 Å². The molecule has 19 heavy (non-hydrogen) atoms. The Morgan fingerprint density at radius 3 is 2.84 bits per heavy atom. The van der Waals surface area contributed by atoms with Gasteiger partial charge in [0.1, 0.15) is 0 Å². The van der Waals surface area contributed by atoms with Crippen LogP contribution in [0.5, 0.6) is 0 Å². The van der Waals surface area contributed by atoms with Crippen LogP contribution in [0.1, 0.15) is 29.6 Å². The Kier molecular flexibility index (Phi) is 4.36. The Labute approximate surface area is 119 Å². The molecule has 0 spiro atoms. The zero-order valence-electron chi connectivity index (χ0n) is 10.0. The first-order valence-electron chi connectivity index (χ1n) is 5.91. The quantitative estimate of drug-likeness (QED) is 0.828. The summed E-state index contributed by atoms with van der Waals surface area (Å²) in [5.74, 6) is -3.04. The topological polar surface area (TPSA) is 37.3 Å². The molecule has 104 valence electrons. The molecule has 6 heteroatoms. The Morgan fingerprint density at radius 1 is 1.53 bits per heavy atom. The van der Waals surface area contributed by atoms with Crippen LogP contribution < -0.4 is 0 Å². The smallest absolute Gasteiger partial charge is 0.337 e.